The maximum absolute atomic E-state index is 12.8. The highest BCUT2D eigenvalue weighted by Gasteiger charge is 2.54. The smallest absolute Gasteiger partial charge is 0.336 e. The molecule has 1 atom stereocenters. The molecule has 0 spiro atoms. The fourth-order valence-corrected chi connectivity index (χ4v) is 6.14. The minimum atomic E-state index is -4.69. The number of amides is 1. The summed E-state index contributed by atoms with van der Waals surface area (Å²) in [6.45, 7) is 10.7. The number of rotatable bonds is 15. The summed E-state index contributed by atoms with van der Waals surface area (Å²) in [4.78, 5) is 55.7. The molecule has 0 saturated heterocycles. The van der Waals surface area contributed by atoms with Gasteiger partial charge in [-0.25, -0.2) is 0 Å². The summed E-state index contributed by atoms with van der Waals surface area (Å²) in [6.07, 6.45) is 2.37. The lowest BCUT2D eigenvalue weighted by molar-refractivity contribution is -0.144. The summed E-state index contributed by atoms with van der Waals surface area (Å²) in [5.41, 5.74) is 0.402. The number of hydrogen-bond donors (Lipinski definition) is 3. The van der Waals surface area contributed by atoms with Crippen LogP contribution in [0, 0.1) is 11.8 Å². The number of nitrogens with one attached hydrogen (secondary N) is 1. The van der Waals surface area contributed by atoms with Crippen molar-refractivity contribution in [2.24, 2.45) is 11.8 Å². The predicted octanol–water partition coefficient (Wildman–Crippen LogP) is 2.94. The third-order valence-corrected chi connectivity index (χ3v) is 7.55. The van der Waals surface area contributed by atoms with Gasteiger partial charge in [0.25, 0.3) is 0 Å². The van der Waals surface area contributed by atoms with Crippen molar-refractivity contribution in [3.63, 3.8) is 0 Å². The van der Waals surface area contributed by atoms with E-state index in [1.807, 2.05) is 0 Å². The van der Waals surface area contributed by atoms with Crippen LogP contribution in [-0.2, 0) is 28.4 Å². The van der Waals surface area contributed by atoms with Crippen molar-refractivity contribution in [2.75, 3.05) is 13.2 Å². The molecule has 0 radical (unpaired) electrons. The van der Waals surface area contributed by atoms with Gasteiger partial charge in [0.15, 0.2) is 0 Å². The highest BCUT2D eigenvalue weighted by molar-refractivity contribution is 7.54. The Morgan fingerprint density at radius 3 is 1.94 bits per heavy atom. The second-order valence-electron chi connectivity index (χ2n) is 7.93. The number of esters is 2. The van der Waals surface area contributed by atoms with Crippen molar-refractivity contribution in [1.29, 1.82) is 0 Å². The van der Waals surface area contributed by atoms with E-state index < -0.39 is 42.6 Å². The first-order chi connectivity index (χ1) is 14.4. The molecule has 0 aromatic carbocycles. The largest absolute Gasteiger partial charge is 0.466 e. The third kappa shape index (κ3) is 8.39. The van der Waals surface area contributed by atoms with Gasteiger partial charge in [0.2, 0.25) is 6.41 Å². The molecule has 0 aromatic rings. The van der Waals surface area contributed by atoms with E-state index in [1.54, 1.807) is 41.5 Å². The van der Waals surface area contributed by atoms with Gasteiger partial charge in [-0.3, -0.25) is 18.9 Å². The molecule has 0 aliphatic carbocycles. The second-order valence-corrected chi connectivity index (χ2v) is 9.76. The predicted molar refractivity (Wildman–Crippen MR) is 117 cm³/mol. The Labute approximate surface area is 185 Å². The molecule has 0 saturated carbocycles. The summed E-state index contributed by atoms with van der Waals surface area (Å²) >= 11 is 0. The molecule has 0 bridgehead atoms. The van der Waals surface area contributed by atoms with Crippen LogP contribution in [0.3, 0.4) is 0 Å². The quantitative estimate of drug-likeness (QED) is 0.146. The van der Waals surface area contributed by atoms with Crippen LogP contribution >= 0.6 is 7.60 Å². The summed E-state index contributed by atoms with van der Waals surface area (Å²) in [5, 5.41) is 0.992. The zero-order valence-electron chi connectivity index (χ0n) is 19.4. The third-order valence-electron chi connectivity index (χ3n) is 5.27. The van der Waals surface area contributed by atoms with Gasteiger partial charge in [-0.2, -0.15) is 0 Å². The number of carbonyl (C=O) groups is 3. The van der Waals surface area contributed by atoms with E-state index in [0.717, 1.165) is 0 Å². The van der Waals surface area contributed by atoms with E-state index in [4.69, 9.17) is 9.47 Å². The molecule has 9 nitrogen and oxygen atoms in total. The van der Waals surface area contributed by atoms with Gasteiger partial charge in [0, 0.05) is 6.42 Å². The van der Waals surface area contributed by atoms with Crippen LogP contribution in [0.1, 0.15) is 67.2 Å². The summed E-state index contributed by atoms with van der Waals surface area (Å²) in [6, 6.07) is -0.808. The van der Waals surface area contributed by atoms with Crippen molar-refractivity contribution in [2.45, 2.75) is 78.4 Å². The van der Waals surface area contributed by atoms with Gasteiger partial charge >= 0.3 is 19.5 Å². The average molecular weight is 464 g/mol. The van der Waals surface area contributed by atoms with Gasteiger partial charge in [0.1, 0.15) is 0 Å². The van der Waals surface area contributed by atoms with E-state index >= 15 is 0 Å². The minimum Gasteiger partial charge on any atom is -0.466 e. The highest BCUT2D eigenvalue weighted by Crippen LogP contribution is 2.63. The summed E-state index contributed by atoms with van der Waals surface area (Å²) in [5.74, 6) is -1.85. The van der Waals surface area contributed by atoms with Crippen LogP contribution in [0.4, 0.5) is 0 Å². The molecular weight excluding hydrogens is 425 g/mol. The Morgan fingerprint density at radius 2 is 1.52 bits per heavy atom. The lowest BCUT2D eigenvalue weighted by Gasteiger charge is -2.44. The van der Waals surface area contributed by atoms with E-state index in [9.17, 15) is 28.7 Å². The molecular formula is C21H38NO8P. The Balaban J connectivity index is 6.34. The Kier molecular flexibility index (Phi) is 12.9. The molecule has 3 N–H and O–H groups in total. The summed E-state index contributed by atoms with van der Waals surface area (Å²) in [7, 11) is -4.69. The standard InChI is InChI=1S/C21H38NO8P/c1-7-29-19(24)11-9-10-17(12-18(22-14-23)13-20(25)30-8-2)21(15(3)4,16(5)6)31(26,27)28/h12,14-16,18H,7-11,13H2,1-6H3,(H,22,23)(H2,26,27,28). The zero-order valence-corrected chi connectivity index (χ0v) is 20.3. The molecule has 0 aliphatic rings. The molecule has 0 aliphatic heterocycles. The van der Waals surface area contributed by atoms with E-state index in [0.29, 0.717) is 18.4 Å². The molecule has 0 heterocycles. The molecule has 1 amide bonds. The minimum absolute atomic E-state index is 0.0856. The number of allylic oxidation sites excluding steroid dienone is 1. The SMILES string of the molecule is CCOC(=O)CCCC(=CC(CC(=O)OCC)NC=O)C(C(C)C)(C(C)C)P(=O)(O)O. The van der Waals surface area contributed by atoms with Gasteiger partial charge in [0.05, 0.1) is 30.8 Å². The Morgan fingerprint density at radius 1 is 1.00 bits per heavy atom. The fraction of sp³-hybridized carbons (Fsp3) is 0.762. The normalized spacial score (nSPS) is 13.8. The van der Waals surface area contributed by atoms with Crippen LogP contribution in [-0.4, -0.2) is 52.5 Å². The fourth-order valence-electron chi connectivity index (χ4n) is 4.24. The zero-order chi connectivity index (χ0) is 24.2. The van der Waals surface area contributed by atoms with Crippen molar-refractivity contribution in [3.8, 4) is 0 Å². The van der Waals surface area contributed by atoms with Gasteiger partial charge in [-0.05, 0) is 38.5 Å². The average Bonchev–Trinajstić information content (AvgIpc) is 2.60. The van der Waals surface area contributed by atoms with Crippen LogP contribution in [0.15, 0.2) is 11.6 Å². The Bertz CT molecular complexity index is 660. The maximum atomic E-state index is 12.8. The van der Waals surface area contributed by atoms with Crippen molar-refractivity contribution in [1.82, 2.24) is 5.32 Å². The molecule has 0 aromatic heterocycles. The molecule has 1 unspecified atom stereocenters. The molecule has 0 fully saturated rings. The van der Waals surface area contributed by atoms with E-state index in [-0.39, 0.29) is 32.5 Å². The van der Waals surface area contributed by atoms with Crippen LogP contribution < -0.4 is 5.32 Å². The number of ether oxygens (including phenoxy) is 2. The summed E-state index contributed by atoms with van der Waals surface area (Å²) < 4.78 is 22.7. The van der Waals surface area contributed by atoms with Crippen LogP contribution in [0.2, 0.25) is 0 Å². The number of hydrogen-bond acceptors (Lipinski definition) is 6. The van der Waals surface area contributed by atoms with Crippen LogP contribution in [0.5, 0.6) is 0 Å². The topological polar surface area (TPSA) is 139 Å². The number of carbonyl (C=O) groups excluding carboxylic acids is 3. The lowest BCUT2D eigenvalue weighted by atomic mass is 9.76. The molecule has 0 rings (SSSR count). The first-order valence-corrected chi connectivity index (χ1v) is 12.3. The molecule has 31 heavy (non-hydrogen) atoms. The first kappa shape index (κ1) is 29.3. The monoisotopic (exact) mass is 463 g/mol. The van der Waals surface area contributed by atoms with Gasteiger partial charge in [-0.15, -0.1) is 0 Å². The second kappa shape index (κ2) is 13.7. The molecule has 10 heteroatoms. The van der Waals surface area contributed by atoms with Gasteiger partial charge < -0.3 is 24.6 Å². The molecule has 180 valence electrons. The maximum Gasteiger partial charge on any atom is 0.336 e. The van der Waals surface area contributed by atoms with Crippen molar-refractivity contribution >= 4 is 25.9 Å². The van der Waals surface area contributed by atoms with E-state index in [1.165, 1.54) is 6.08 Å². The van der Waals surface area contributed by atoms with Crippen molar-refractivity contribution < 1.29 is 38.2 Å². The van der Waals surface area contributed by atoms with E-state index in [2.05, 4.69) is 5.32 Å². The Hall–Kier alpha value is -1.70. The first-order valence-electron chi connectivity index (χ1n) is 10.7. The van der Waals surface area contributed by atoms with Gasteiger partial charge in [-0.1, -0.05) is 39.3 Å². The van der Waals surface area contributed by atoms with Crippen molar-refractivity contribution in [3.05, 3.63) is 11.6 Å². The highest BCUT2D eigenvalue weighted by atomic mass is 31.2. The van der Waals surface area contributed by atoms with Crippen LogP contribution in [0.25, 0.3) is 0 Å². The lowest BCUT2D eigenvalue weighted by Crippen LogP contribution is -2.44.